The van der Waals surface area contributed by atoms with Crippen molar-refractivity contribution in [1.82, 2.24) is 4.98 Å². The van der Waals surface area contributed by atoms with Crippen LogP contribution >= 0.6 is 23.1 Å². The fourth-order valence-electron chi connectivity index (χ4n) is 5.22. The smallest absolute Gasteiger partial charge is 0.357 e. The number of nitrogens with zero attached hydrogens (tertiary/aromatic N) is 1. The molecule has 0 aliphatic heterocycles. The monoisotopic (exact) mass is 481 g/mol. The van der Waals surface area contributed by atoms with Crippen LogP contribution < -0.4 is 0 Å². The van der Waals surface area contributed by atoms with Gasteiger partial charge in [-0.1, -0.05) is 56.0 Å². The number of aliphatic hydroxyl groups is 2. The van der Waals surface area contributed by atoms with E-state index in [0.717, 1.165) is 35.8 Å². The second-order valence-electron chi connectivity index (χ2n) is 9.67. The van der Waals surface area contributed by atoms with Crippen molar-refractivity contribution in [2.75, 3.05) is 12.4 Å². The van der Waals surface area contributed by atoms with Gasteiger partial charge in [-0.15, -0.1) is 11.3 Å². The topological polar surface area (TPSA) is 79.7 Å². The third-order valence-corrected chi connectivity index (χ3v) is 8.93. The minimum absolute atomic E-state index is 0.242. The molecule has 32 heavy (non-hydrogen) atoms. The Balaban J connectivity index is 1.44. The Morgan fingerprint density at radius 3 is 2.84 bits per heavy atom. The summed E-state index contributed by atoms with van der Waals surface area (Å²) in [5.74, 6) is 1.77. The molecule has 0 radical (unpaired) electrons. The molecule has 2 aliphatic rings. The average molecular weight is 482 g/mol. The summed E-state index contributed by atoms with van der Waals surface area (Å²) in [6.07, 6.45) is 14.9. The summed E-state index contributed by atoms with van der Waals surface area (Å²) in [6, 6.07) is 0. The summed E-state index contributed by atoms with van der Waals surface area (Å²) in [6.45, 7) is 4.11. The number of ether oxygens (including phenoxy) is 1. The first-order valence-corrected chi connectivity index (χ1v) is 14.1. The van der Waals surface area contributed by atoms with Crippen LogP contribution in [0.1, 0.15) is 88.5 Å². The predicted molar refractivity (Wildman–Crippen MR) is 131 cm³/mol. The molecule has 1 aromatic rings. The molecule has 2 N–H and O–H groups in total. The molecular weight excluding hydrogens is 442 g/mol. The van der Waals surface area contributed by atoms with Gasteiger partial charge in [-0.2, -0.15) is 0 Å². The number of thioether (sulfide) groups is 1. The average Bonchev–Trinajstić information content (AvgIpc) is 3.36. The molecule has 1 heterocycles. The molecule has 5 nitrogen and oxygen atoms in total. The number of hydrogen-bond donors (Lipinski definition) is 2. The summed E-state index contributed by atoms with van der Waals surface area (Å²) < 4.78 is 5.86. The molecule has 0 amide bonds. The van der Waals surface area contributed by atoms with Crippen molar-refractivity contribution in [2.24, 2.45) is 17.8 Å². The third kappa shape index (κ3) is 7.86. The van der Waals surface area contributed by atoms with E-state index < -0.39 is 5.60 Å². The van der Waals surface area contributed by atoms with Crippen molar-refractivity contribution >= 4 is 29.1 Å². The fourth-order valence-corrected chi connectivity index (χ4v) is 7.13. The highest BCUT2D eigenvalue weighted by Gasteiger charge is 2.33. The van der Waals surface area contributed by atoms with Crippen LogP contribution in [-0.2, 0) is 4.74 Å². The van der Waals surface area contributed by atoms with Gasteiger partial charge in [0.2, 0.25) is 0 Å². The van der Waals surface area contributed by atoms with Gasteiger partial charge in [0.05, 0.1) is 18.3 Å². The first-order chi connectivity index (χ1) is 15.4. The fraction of sp³-hybridized carbons (Fsp3) is 0.760. The van der Waals surface area contributed by atoms with Gasteiger partial charge in [0, 0.05) is 11.1 Å². The van der Waals surface area contributed by atoms with E-state index in [1.54, 1.807) is 24.1 Å². The summed E-state index contributed by atoms with van der Waals surface area (Å²) in [4.78, 5) is 16.1. The molecule has 0 spiro atoms. The first kappa shape index (κ1) is 25.7. The van der Waals surface area contributed by atoms with Gasteiger partial charge in [0.1, 0.15) is 0 Å². The maximum atomic E-state index is 11.8. The van der Waals surface area contributed by atoms with Crippen molar-refractivity contribution < 1.29 is 19.7 Å². The van der Waals surface area contributed by atoms with Gasteiger partial charge in [-0.3, -0.25) is 0 Å². The lowest BCUT2D eigenvalue weighted by molar-refractivity contribution is 0.0302. The molecular formula is C25H39NO4S2. The van der Waals surface area contributed by atoms with Crippen molar-refractivity contribution in [3.8, 4) is 0 Å². The number of thiazole rings is 1. The van der Waals surface area contributed by atoms with Gasteiger partial charge < -0.3 is 14.9 Å². The van der Waals surface area contributed by atoms with E-state index in [4.69, 9.17) is 4.74 Å². The van der Waals surface area contributed by atoms with Crippen LogP contribution in [0.2, 0.25) is 0 Å². The highest BCUT2D eigenvalue weighted by Crippen LogP contribution is 2.38. The molecule has 4 atom stereocenters. The minimum Gasteiger partial charge on any atom is -0.461 e. The molecule has 0 saturated heterocycles. The van der Waals surface area contributed by atoms with Crippen LogP contribution in [0.5, 0.6) is 0 Å². The Bertz CT molecular complexity index is 742. The second-order valence-corrected chi connectivity index (χ2v) is 11.9. The molecule has 2 fully saturated rings. The maximum Gasteiger partial charge on any atom is 0.357 e. The summed E-state index contributed by atoms with van der Waals surface area (Å²) >= 11 is 3.10. The number of hydrogen-bond acceptors (Lipinski definition) is 7. The minimum atomic E-state index is -0.636. The lowest BCUT2D eigenvalue weighted by atomic mass is 9.80. The van der Waals surface area contributed by atoms with E-state index in [0.29, 0.717) is 30.6 Å². The number of aliphatic hydroxyl groups excluding tert-OH is 1. The summed E-state index contributed by atoms with van der Waals surface area (Å²) in [7, 11) is 0. The van der Waals surface area contributed by atoms with E-state index in [9.17, 15) is 15.0 Å². The van der Waals surface area contributed by atoms with Gasteiger partial charge in [-0.25, -0.2) is 9.78 Å². The Hall–Kier alpha value is -0.890. The highest BCUT2D eigenvalue weighted by atomic mass is 32.2. The second kappa shape index (κ2) is 12.5. The van der Waals surface area contributed by atoms with Crippen molar-refractivity contribution in [3.05, 3.63) is 23.2 Å². The summed E-state index contributed by atoms with van der Waals surface area (Å²) in [5, 5.41) is 23.1. The van der Waals surface area contributed by atoms with Gasteiger partial charge in [-0.05, 0) is 63.7 Å². The highest BCUT2D eigenvalue weighted by molar-refractivity contribution is 8.01. The Morgan fingerprint density at radius 1 is 1.31 bits per heavy atom. The van der Waals surface area contributed by atoms with Gasteiger partial charge >= 0.3 is 5.97 Å². The van der Waals surface area contributed by atoms with Crippen LogP contribution in [-0.4, -0.2) is 45.2 Å². The van der Waals surface area contributed by atoms with E-state index >= 15 is 0 Å². The van der Waals surface area contributed by atoms with Crippen LogP contribution in [0.25, 0.3) is 0 Å². The molecule has 1 aromatic heterocycles. The number of allylic oxidation sites excluding steroid dienone is 1. The first-order valence-electron chi connectivity index (χ1n) is 12.2. The molecule has 2 aliphatic carbocycles. The lowest BCUT2D eigenvalue weighted by Crippen LogP contribution is -2.28. The zero-order valence-corrected chi connectivity index (χ0v) is 21.1. The Labute approximate surface area is 201 Å². The van der Waals surface area contributed by atoms with Crippen molar-refractivity contribution in [3.63, 3.8) is 0 Å². The molecule has 3 rings (SSSR count). The Kier molecular flexibility index (Phi) is 10.1. The van der Waals surface area contributed by atoms with Crippen LogP contribution in [0.3, 0.4) is 0 Å². The van der Waals surface area contributed by atoms with E-state index in [-0.39, 0.29) is 18.0 Å². The zero-order valence-electron chi connectivity index (χ0n) is 19.5. The molecule has 2 saturated carbocycles. The van der Waals surface area contributed by atoms with E-state index in [1.165, 1.54) is 43.4 Å². The van der Waals surface area contributed by atoms with Crippen LogP contribution in [0.4, 0.5) is 0 Å². The van der Waals surface area contributed by atoms with Gasteiger partial charge in [0.25, 0.3) is 0 Å². The van der Waals surface area contributed by atoms with E-state index in [2.05, 4.69) is 17.1 Å². The standard InChI is InChI=1S/C25H39NO4S2/c1-3-30-23(28)21-17-32-24(26-21)31-15-13-20-19(11-12-22(20)27)10-7-14-25(2,29)16-18-8-5-4-6-9-18/h7,10,17-20,22,27,29H,3-6,8-9,11-16H2,1-2H3/b10-7+/t19-,20-,22+,25+/m1/s1. The van der Waals surface area contributed by atoms with Crippen molar-refractivity contribution in [1.29, 1.82) is 0 Å². The number of carbonyl (C=O) groups excluding carboxylic acids is 1. The SMILES string of the molecule is CCOC(=O)c1csc(SCC[C@@H]2[C@H](/C=C/C[C@](C)(O)CC3CCCCC3)CC[C@@H]2O)n1. The number of esters is 1. The third-order valence-electron chi connectivity index (χ3n) is 6.88. The van der Waals surface area contributed by atoms with Crippen molar-refractivity contribution in [2.45, 2.75) is 94.1 Å². The molecule has 7 heteroatoms. The maximum absolute atomic E-state index is 11.8. The van der Waals surface area contributed by atoms with Crippen LogP contribution in [0, 0.1) is 17.8 Å². The molecule has 0 unspecified atom stereocenters. The van der Waals surface area contributed by atoms with Gasteiger partial charge in [0.15, 0.2) is 10.0 Å². The number of aromatic nitrogens is 1. The number of rotatable bonds is 11. The largest absolute Gasteiger partial charge is 0.461 e. The zero-order chi connectivity index (χ0) is 23.0. The number of carbonyl (C=O) groups is 1. The lowest BCUT2D eigenvalue weighted by Gasteiger charge is -2.30. The predicted octanol–water partition coefficient (Wildman–Crippen LogP) is 5.86. The molecule has 180 valence electrons. The molecule has 0 bridgehead atoms. The summed E-state index contributed by atoms with van der Waals surface area (Å²) in [5.41, 5.74) is -0.260. The van der Waals surface area contributed by atoms with Crippen LogP contribution in [0.15, 0.2) is 21.9 Å². The normalized spacial score (nSPS) is 26.4. The van der Waals surface area contributed by atoms with E-state index in [1.807, 2.05) is 6.92 Å². The molecule has 0 aromatic carbocycles. The Morgan fingerprint density at radius 2 is 2.09 bits per heavy atom. The quantitative estimate of drug-likeness (QED) is 0.234.